The van der Waals surface area contributed by atoms with Gasteiger partial charge in [0.15, 0.2) is 0 Å². The number of nitro benzene ring substituents is 1. The van der Waals surface area contributed by atoms with E-state index in [1.165, 1.54) is 12.1 Å². The van der Waals surface area contributed by atoms with Crippen molar-refractivity contribution in [1.29, 1.82) is 0 Å². The number of nitro groups is 1. The third-order valence-electron chi connectivity index (χ3n) is 3.92. The molecule has 1 heterocycles. The number of nitrogens with one attached hydrogen (secondary N) is 2. The van der Waals surface area contributed by atoms with Gasteiger partial charge in [-0.25, -0.2) is 4.79 Å². The molecule has 0 bridgehead atoms. The lowest BCUT2D eigenvalue weighted by molar-refractivity contribution is -0.384. The highest BCUT2D eigenvalue weighted by molar-refractivity contribution is 5.89. The summed E-state index contributed by atoms with van der Waals surface area (Å²) in [5, 5.41) is 16.2. The molecule has 7 heteroatoms. The van der Waals surface area contributed by atoms with Gasteiger partial charge >= 0.3 is 6.03 Å². The first-order valence-electron chi connectivity index (χ1n) is 7.60. The molecule has 7 nitrogen and oxygen atoms in total. The van der Waals surface area contributed by atoms with Crippen molar-refractivity contribution in [2.45, 2.75) is 19.8 Å². The second-order valence-corrected chi connectivity index (χ2v) is 5.54. The number of carbonyl (C=O) groups is 1. The number of benzene rings is 1. The summed E-state index contributed by atoms with van der Waals surface area (Å²) in [6.07, 6.45) is 2.28. The Morgan fingerprint density at radius 3 is 3.05 bits per heavy atom. The number of urea groups is 1. The third kappa shape index (κ3) is 4.70. The normalized spacial score (nSPS) is 18.7. The monoisotopic (exact) mass is 306 g/mol. The SMILES string of the molecule is CCN1CCCC(CNC(=O)Nc2cccc([N+](=O)[O-])c2)C1. The van der Waals surface area contributed by atoms with Crippen LogP contribution in [-0.2, 0) is 0 Å². The molecule has 0 radical (unpaired) electrons. The maximum absolute atomic E-state index is 11.9. The highest BCUT2D eigenvalue weighted by atomic mass is 16.6. The molecule has 22 heavy (non-hydrogen) atoms. The summed E-state index contributed by atoms with van der Waals surface area (Å²) in [6, 6.07) is 5.60. The van der Waals surface area contributed by atoms with Crippen LogP contribution in [0, 0.1) is 16.0 Å². The second kappa shape index (κ2) is 7.74. The number of likely N-dealkylation sites (tertiary alicyclic amines) is 1. The Morgan fingerprint density at radius 2 is 2.32 bits per heavy atom. The van der Waals surface area contributed by atoms with Crippen LogP contribution >= 0.6 is 0 Å². The number of amides is 2. The molecular weight excluding hydrogens is 284 g/mol. The smallest absolute Gasteiger partial charge is 0.319 e. The van der Waals surface area contributed by atoms with E-state index in [0.717, 1.165) is 32.5 Å². The average molecular weight is 306 g/mol. The largest absolute Gasteiger partial charge is 0.338 e. The number of nitrogens with zero attached hydrogens (tertiary/aromatic N) is 2. The van der Waals surface area contributed by atoms with Crippen molar-refractivity contribution < 1.29 is 9.72 Å². The molecule has 0 saturated carbocycles. The van der Waals surface area contributed by atoms with Crippen LogP contribution < -0.4 is 10.6 Å². The summed E-state index contributed by atoms with van der Waals surface area (Å²) in [4.78, 5) is 24.5. The van der Waals surface area contributed by atoms with E-state index < -0.39 is 4.92 Å². The molecule has 0 spiro atoms. The van der Waals surface area contributed by atoms with E-state index >= 15 is 0 Å². The van der Waals surface area contributed by atoms with Crippen LogP contribution in [-0.4, -0.2) is 42.0 Å². The summed E-state index contributed by atoms with van der Waals surface area (Å²) in [5.74, 6) is 0.463. The highest BCUT2D eigenvalue weighted by Gasteiger charge is 2.19. The maximum Gasteiger partial charge on any atom is 0.319 e. The van der Waals surface area contributed by atoms with Gasteiger partial charge in [0.2, 0.25) is 0 Å². The maximum atomic E-state index is 11.9. The molecule has 1 aliphatic rings. The van der Waals surface area contributed by atoms with Gasteiger partial charge in [0.05, 0.1) is 4.92 Å². The van der Waals surface area contributed by atoms with Crippen molar-refractivity contribution in [2.24, 2.45) is 5.92 Å². The molecule has 1 fully saturated rings. The molecule has 1 unspecified atom stereocenters. The highest BCUT2D eigenvalue weighted by Crippen LogP contribution is 2.17. The molecule has 1 aromatic carbocycles. The Labute approximate surface area is 129 Å². The number of hydrogen-bond acceptors (Lipinski definition) is 4. The molecule has 0 aromatic heterocycles. The van der Waals surface area contributed by atoms with Crippen molar-refractivity contribution in [3.8, 4) is 0 Å². The minimum atomic E-state index is -0.482. The molecule has 1 atom stereocenters. The molecular formula is C15H22N4O3. The molecule has 0 aliphatic carbocycles. The van der Waals surface area contributed by atoms with E-state index in [4.69, 9.17) is 0 Å². The molecule has 2 N–H and O–H groups in total. The fraction of sp³-hybridized carbons (Fsp3) is 0.533. The molecule has 1 saturated heterocycles. The van der Waals surface area contributed by atoms with Crippen LogP contribution in [0.4, 0.5) is 16.2 Å². The number of carbonyl (C=O) groups excluding carboxylic acids is 1. The summed E-state index contributed by atoms with van der Waals surface area (Å²) >= 11 is 0. The van der Waals surface area contributed by atoms with E-state index in [9.17, 15) is 14.9 Å². The Morgan fingerprint density at radius 1 is 1.50 bits per heavy atom. The van der Waals surface area contributed by atoms with Crippen LogP contribution in [0.3, 0.4) is 0 Å². The third-order valence-corrected chi connectivity index (χ3v) is 3.92. The van der Waals surface area contributed by atoms with E-state index in [1.807, 2.05) is 0 Å². The summed E-state index contributed by atoms with van der Waals surface area (Å²) < 4.78 is 0. The fourth-order valence-electron chi connectivity index (χ4n) is 2.71. The Bertz CT molecular complexity index is 535. The van der Waals surface area contributed by atoms with Gasteiger partial charge in [-0.05, 0) is 37.9 Å². The van der Waals surface area contributed by atoms with E-state index in [2.05, 4.69) is 22.5 Å². The van der Waals surface area contributed by atoms with Crippen molar-refractivity contribution in [3.05, 3.63) is 34.4 Å². The molecule has 1 aliphatic heterocycles. The minimum Gasteiger partial charge on any atom is -0.338 e. The second-order valence-electron chi connectivity index (χ2n) is 5.54. The topological polar surface area (TPSA) is 87.5 Å². The molecule has 120 valence electrons. The molecule has 1 aromatic rings. The Balaban J connectivity index is 1.80. The van der Waals surface area contributed by atoms with Gasteiger partial charge in [-0.15, -0.1) is 0 Å². The lowest BCUT2D eigenvalue weighted by Crippen LogP contribution is -2.41. The first-order chi connectivity index (χ1) is 10.6. The van der Waals surface area contributed by atoms with Gasteiger partial charge in [-0.3, -0.25) is 10.1 Å². The number of piperidine rings is 1. The van der Waals surface area contributed by atoms with E-state index in [0.29, 0.717) is 18.2 Å². The lowest BCUT2D eigenvalue weighted by atomic mass is 9.98. The average Bonchev–Trinajstić information content (AvgIpc) is 2.53. The zero-order chi connectivity index (χ0) is 15.9. The predicted octanol–water partition coefficient (Wildman–Crippen LogP) is 2.45. The number of rotatable bonds is 5. The zero-order valence-corrected chi connectivity index (χ0v) is 12.7. The molecule has 2 rings (SSSR count). The number of hydrogen-bond donors (Lipinski definition) is 2. The number of non-ortho nitro benzene ring substituents is 1. The standard InChI is InChI=1S/C15H22N4O3/c1-2-18-8-4-5-12(11-18)10-16-15(20)17-13-6-3-7-14(9-13)19(21)22/h3,6-7,9,12H,2,4-5,8,10-11H2,1H3,(H2,16,17,20). The van der Waals surface area contributed by atoms with Crippen LogP contribution in [0.15, 0.2) is 24.3 Å². The Kier molecular flexibility index (Phi) is 5.71. The Hall–Kier alpha value is -2.15. The van der Waals surface area contributed by atoms with Crippen molar-refractivity contribution in [1.82, 2.24) is 10.2 Å². The van der Waals surface area contributed by atoms with Crippen LogP contribution in [0.2, 0.25) is 0 Å². The lowest BCUT2D eigenvalue weighted by Gasteiger charge is -2.31. The summed E-state index contributed by atoms with van der Waals surface area (Å²) in [7, 11) is 0. The van der Waals surface area contributed by atoms with E-state index in [1.54, 1.807) is 12.1 Å². The van der Waals surface area contributed by atoms with Gasteiger partial charge in [0.1, 0.15) is 0 Å². The van der Waals surface area contributed by atoms with Crippen LogP contribution in [0.25, 0.3) is 0 Å². The van der Waals surface area contributed by atoms with Crippen LogP contribution in [0.1, 0.15) is 19.8 Å². The molecule has 2 amide bonds. The summed E-state index contributed by atoms with van der Waals surface area (Å²) in [6.45, 7) is 5.94. The van der Waals surface area contributed by atoms with Crippen molar-refractivity contribution in [2.75, 3.05) is 31.5 Å². The van der Waals surface area contributed by atoms with Gasteiger partial charge in [-0.1, -0.05) is 13.0 Å². The van der Waals surface area contributed by atoms with E-state index in [-0.39, 0.29) is 11.7 Å². The zero-order valence-electron chi connectivity index (χ0n) is 12.7. The predicted molar refractivity (Wildman–Crippen MR) is 85.0 cm³/mol. The van der Waals surface area contributed by atoms with Crippen LogP contribution in [0.5, 0.6) is 0 Å². The van der Waals surface area contributed by atoms with Gasteiger partial charge in [-0.2, -0.15) is 0 Å². The van der Waals surface area contributed by atoms with Crippen molar-refractivity contribution >= 4 is 17.4 Å². The minimum absolute atomic E-state index is 0.0383. The summed E-state index contributed by atoms with van der Waals surface area (Å²) in [5.41, 5.74) is 0.384. The first-order valence-corrected chi connectivity index (χ1v) is 7.60. The van der Waals surface area contributed by atoms with Gasteiger partial charge in [0.25, 0.3) is 5.69 Å². The van der Waals surface area contributed by atoms with Gasteiger partial charge < -0.3 is 15.5 Å². The quantitative estimate of drug-likeness (QED) is 0.646. The fourth-order valence-corrected chi connectivity index (χ4v) is 2.71. The first kappa shape index (κ1) is 16.2. The number of anilines is 1. The van der Waals surface area contributed by atoms with Crippen molar-refractivity contribution in [3.63, 3.8) is 0 Å². The van der Waals surface area contributed by atoms with Gasteiger partial charge in [0, 0.05) is 30.9 Å².